The third-order valence-electron chi connectivity index (χ3n) is 8.82. The zero-order valence-corrected chi connectivity index (χ0v) is 26.5. The number of para-hydroxylation sites is 1. The smallest absolute Gasteiger partial charge is 0.161 e. The van der Waals surface area contributed by atoms with Crippen LogP contribution >= 0.6 is 11.3 Å². The molecular formula is C43H27N3OS. The maximum atomic E-state index is 9.20. The number of furan rings is 1. The van der Waals surface area contributed by atoms with Crippen molar-refractivity contribution >= 4 is 82.1 Å². The number of nitrogens with one attached hydrogen (secondary N) is 1. The highest BCUT2D eigenvalue weighted by Gasteiger charge is 2.15. The third kappa shape index (κ3) is 4.89. The lowest BCUT2D eigenvalue weighted by molar-refractivity contribution is 0.669. The minimum atomic E-state index is 0.133. The van der Waals surface area contributed by atoms with Crippen LogP contribution in [0.1, 0.15) is 16.7 Å². The van der Waals surface area contributed by atoms with Gasteiger partial charge >= 0.3 is 0 Å². The Morgan fingerprint density at radius 1 is 0.583 bits per heavy atom. The van der Waals surface area contributed by atoms with Crippen molar-refractivity contribution in [1.29, 1.82) is 5.41 Å². The molecule has 9 rings (SSSR count). The van der Waals surface area contributed by atoms with Crippen LogP contribution in [0.15, 0.2) is 166 Å². The summed E-state index contributed by atoms with van der Waals surface area (Å²) in [4.78, 5) is 9.65. The molecule has 2 heterocycles. The largest absolute Gasteiger partial charge is 0.456 e. The second kappa shape index (κ2) is 11.6. The molecule has 0 saturated heterocycles. The van der Waals surface area contributed by atoms with Gasteiger partial charge in [-0.05, 0) is 63.9 Å². The van der Waals surface area contributed by atoms with Crippen LogP contribution in [0.25, 0.3) is 64.0 Å². The summed E-state index contributed by atoms with van der Waals surface area (Å²) >= 11 is 1.83. The van der Waals surface area contributed by atoms with Crippen LogP contribution in [0.4, 0.5) is 0 Å². The number of thiophene rings is 1. The molecule has 0 spiro atoms. The molecule has 5 heteroatoms. The molecular weight excluding hydrogens is 607 g/mol. The van der Waals surface area contributed by atoms with E-state index in [0.29, 0.717) is 11.4 Å². The molecule has 0 amide bonds. The van der Waals surface area contributed by atoms with Gasteiger partial charge in [-0.3, -0.25) is 5.41 Å². The van der Waals surface area contributed by atoms with Crippen molar-refractivity contribution in [3.63, 3.8) is 0 Å². The Morgan fingerprint density at radius 2 is 1.38 bits per heavy atom. The van der Waals surface area contributed by atoms with E-state index in [1.54, 1.807) is 6.21 Å². The second-order valence-electron chi connectivity index (χ2n) is 11.8. The standard InChI is InChI=1S/C43H27N3OS/c44-42(46-43(45-26-27-10-2-1-3-11-27)31-20-22-34-33-15-4-6-18-36(33)47-37(34)25-31)30-14-8-13-29(24-30)32-17-9-12-28-21-23-39-41(40(28)32)35-16-5-7-19-38(35)48-39/h1-26,44H. The molecule has 0 unspecified atom stereocenters. The van der Waals surface area contributed by atoms with Gasteiger partial charge in [0.05, 0.1) is 0 Å². The molecule has 226 valence electrons. The lowest BCUT2D eigenvalue weighted by atomic mass is 9.94. The van der Waals surface area contributed by atoms with Gasteiger partial charge in [0, 0.05) is 48.3 Å². The van der Waals surface area contributed by atoms with E-state index in [0.717, 1.165) is 44.2 Å². The fourth-order valence-electron chi connectivity index (χ4n) is 6.55. The monoisotopic (exact) mass is 633 g/mol. The van der Waals surface area contributed by atoms with Crippen LogP contribution in [0, 0.1) is 5.41 Å². The minimum absolute atomic E-state index is 0.133. The molecule has 0 aliphatic carbocycles. The molecule has 0 radical (unpaired) electrons. The van der Waals surface area contributed by atoms with E-state index < -0.39 is 0 Å². The van der Waals surface area contributed by atoms with Gasteiger partial charge in [-0.15, -0.1) is 11.3 Å². The minimum Gasteiger partial charge on any atom is -0.456 e. The molecule has 7 aromatic carbocycles. The van der Waals surface area contributed by atoms with Crippen molar-refractivity contribution in [3.05, 3.63) is 168 Å². The van der Waals surface area contributed by atoms with E-state index in [1.807, 2.05) is 90.2 Å². The fourth-order valence-corrected chi connectivity index (χ4v) is 7.66. The first-order valence-electron chi connectivity index (χ1n) is 15.8. The van der Waals surface area contributed by atoms with Crippen LogP contribution < -0.4 is 0 Å². The summed E-state index contributed by atoms with van der Waals surface area (Å²) < 4.78 is 8.74. The van der Waals surface area contributed by atoms with E-state index in [-0.39, 0.29) is 5.84 Å². The van der Waals surface area contributed by atoms with Gasteiger partial charge in [0.15, 0.2) is 11.7 Å². The van der Waals surface area contributed by atoms with E-state index in [9.17, 15) is 5.41 Å². The summed E-state index contributed by atoms with van der Waals surface area (Å²) in [6, 6.07) is 51.6. The van der Waals surface area contributed by atoms with Crippen LogP contribution in [-0.2, 0) is 0 Å². The van der Waals surface area contributed by atoms with Gasteiger partial charge in [0.2, 0.25) is 0 Å². The van der Waals surface area contributed by atoms with Crippen LogP contribution in [0.3, 0.4) is 0 Å². The Bertz CT molecular complexity index is 2750. The fraction of sp³-hybridized carbons (Fsp3) is 0. The predicted molar refractivity (Wildman–Crippen MR) is 203 cm³/mol. The summed E-state index contributed by atoms with van der Waals surface area (Å²) in [5, 5.41) is 16.3. The highest BCUT2D eigenvalue weighted by Crippen LogP contribution is 2.42. The maximum Gasteiger partial charge on any atom is 0.161 e. The quantitative estimate of drug-likeness (QED) is 0.152. The van der Waals surface area contributed by atoms with Crippen LogP contribution in [-0.4, -0.2) is 17.9 Å². The van der Waals surface area contributed by atoms with E-state index in [2.05, 4.69) is 72.8 Å². The first kappa shape index (κ1) is 28.1. The Morgan fingerprint density at radius 3 is 2.29 bits per heavy atom. The van der Waals surface area contributed by atoms with Crippen molar-refractivity contribution in [2.24, 2.45) is 9.98 Å². The Hall–Kier alpha value is -6.17. The molecule has 1 N–H and O–H groups in total. The Labute approximate surface area is 280 Å². The number of hydrogen-bond donors (Lipinski definition) is 1. The summed E-state index contributed by atoms with van der Waals surface area (Å²) in [5.41, 5.74) is 6.21. The van der Waals surface area contributed by atoms with Gasteiger partial charge in [0.25, 0.3) is 0 Å². The summed E-state index contributed by atoms with van der Waals surface area (Å²) in [7, 11) is 0. The average molecular weight is 634 g/mol. The zero-order chi connectivity index (χ0) is 32.0. The maximum absolute atomic E-state index is 9.20. The highest BCUT2D eigenvalue weighted by molar-refractivity contribution is 7.26. The molecule has 48 heavy (non-hydrogen) atoms. The van der Waals surface area contributed by atoms with E-state index in [4.69, 9.17) is 14.4 Å². The van der Waals surface area contributed by atoms with Crippen molar-refractivity contribution in [1.82, 2.24) is 0 Å². The van der Waals surface area contributed by atoms with Gasteiger partial charge in [-0.2, -0.15) is 0 Å². The van der Waals surface area contributed by atoms with E-state index in [1.165, 1.54) is 30.9 Å². The molecule has 4 nitrogen and oxygen atoms in total. The average Bonchev–Trinajstić information content (AvgIpc) is 3.71. The molecule has 9 aromatic rings. The molecule has 0 saturated carbocycles. The van der Waals surface area contributed by atoms with Crippen molar-refractivity contribution in [2.75, 3.05) is 0 Å². The van der Waals surface area contributed by atoms with Gasteiger partial charge in [-0.25, -0.2) is 9.98 Å². The first-order valence-corrected chi connectivity index (χ1v) is 16.6. The molecule has 0 aliphatic heterocycles. The van der Waals surface area contributed by atoms with Gasteiger partial charge in [0.1, 0.15) is 11.2 Å². The van der Waals surface area contributed by atoms with Crippen molar-refractivity contribution < 1.29 is 4.42 Å². The topological polar surface area (TPSA) is 61.7 Å². The lowest BCUT2D eigenvalue weighted by Gasteiger charge is -2.11. The normalized spacial score (nSPS) is 12.3. The number of nitrogens with zero attached hydrogens (tertiary/aromatic N) is 2. The number of rotatable bonds is 4. The van der Waals surface area contributed by atoms with Crippen molar-refractivity contribution in [2.45, 2.75) is 0 Å². The van der Waals surface area contributed by atoms with Crippen LogP contribution in [0.2, 0.25) is 0 Å². The number of fused-ring (bicyclic) bond motifs is 8. The van der Waals surface area contributed by atoms with Crippen molar-refractivity contribution in [3.8, 4) is 11.1 Å². The number of amidine groups is 2. The van der Waals surface area contributed by atoms with Crippen LogP contribution in [0.5, 0.6) is 0 Å². The van der Waals surface area contributed by atoms with E-state index >= 15 is 0 Å². The number of hydrogen-bond acceptors (Lipinski definition) is 3. The molecule has 0 fully saturated rings. The summed E-state index contributed by atoms with van der Waals surface area (Å²) in [6.45, 7) is 0. The molecule has 0 bridgehead atoms. The Balaban J connectivity index is 1.16. The first-order chi connectivity index (χ1) is 23.7. The predicted octanol–water partition coefficient (Wildman–Crippen LogP) is 11.7. The molecule has 0 atom stereocenters. The summed E-state index contributed by atoms with van der Waals surface area (Å²) in [5.74, 6) is 0.571. The number of aliphatic imine (C=N–C) groups is 2. The Kier molecular flexibility index (Phi) is 6.77. The molecule has 2 aromatic heterocycles. The summed E-state index contributed by atoms with van der Waals surface area (Å²) in [6.07, 6.45) is 1.79. The molecule has 0 aliphatic rings. The third-order valence-corrected chi connectivity index (χ3v) is 9.96. The second-order valence-corrected chi connectivity index (χ2v) is 12.9. The van der Waals surface area contributed by atoms with Gasteiger partial charge < -0.3 is 4.42 Å². The SMILES string of the molecule is N=C(N=C(N=Cc1ccccc1)c1ccc2c(c1)oc1ccccc12)c1cccc(-c2cccc3ccc4sc5ccccc5c4c23)c1. The number of benzene rings is 7. The van der Waals surface area contributed by atoms with Gasteiger partial charge in [-0.1, -0.05) is 115 Å². The highest BCUT2D eigenvalue weighted by atomic mass is 32.1. The zero-order valence-electron chi connectivity index (χ0n) is 25.7. The lowest BCUT2D eigenvalue weighted by Crippen LogP contribution is -2.05.